The highest BCUT2D eigenvalue weighted by atomic mass is 35.5. The van der Waals surface area contributed by atoms with Gasteiger partial charge >= 0.3 is 0 Å². The lowest BCUT2D eigenvalue weighted by Crippen LogP contribution is -2.33. The third-order valence-corrected chi connectivity index (χ3v) is 6.80. The van der Waals surface area contributed by atoms with Crippen LogP contribution in [0.25, 0.3) is 10.8 Å². The molecular weight excluding hydrogens is 463 g/mol. The summed E-state index contributed by atoms with van der Waals surface area (Å²) in [5.41, 5.74) is 4.02. The number of rotatable bonds is 2. The fourth-order valence-corrected chi connectivity index (χ4v) is 5.18. The molecule has 0 bridgehead atoms. The average Bonchev–Trinajstić information content (AvgIpc) is 3.25. The predicted octanol–water partition coefficient (Wildman–Crippen LogP) is 8.04. The van der Waals surface area contributed by atoms with Gasteiger partial charge in [-0.2, -0.15) is 5.10 Å². The van der Waals surface area contributed by atoms with Crippen LogP contribution >= 0.6 is 34.8 Å². The summed E-state index contributed by atoms with van der Waals surface area (Å²) in [6, 6.07) is 26.1. The lowest BCUT2D eigenvalue weighted by molar-refractivity contribution is -0.0189. The van der Waals surface area contributed by atoms with Gasteiger partial charge in [0.25, 0.3) is 0 Å². The third-order valence-electron chi connectivity index (χ3n) is 6.05. The normalized spacial score (nSPS) is 19.3. The van der Waals surface area contributed by atoms with Crippen LogP contribution in [-0.4, -0.2) is 10.7 Å². The number of hydrogen-bond donors (Lipinski definition) is 0. The smallest absolute Gasteiger partial charge is 0.213 e. The number of benzene rings is 4. The van der Waals surface area contributed by atoms with E-state index in [0.29, 0.717) is 20.8 Å². The number of halogens is 3. The van der Waals surface area contributed by atoms with Crippen LogP contribution in [0.2, 0.25) is 15.1 Å². The molecule has 2 aliphatic heterocycles. The molecule has 0 aliphatic carbocycles. The molecule has 0 aromatic heterocycles. The Kier molecular flexibility index (Phi) is 4.80. The van der Waals surface area contributed by atoms with E-state index in [9.17, 15) is 0 Å². The maximum Gasteiger partial charge on any atom is 0.213 e. The van der Waals surface area contributed by atoms with Crippen molar-refractivity contribution in [2.24, 2.45) is 5.10 Å². The molecule has 0 spiro atoms. The second-order valence-corrected chi connectivity index (χ2v) is 9.32. The molecule has 0 unspecified atom stereocenters. The number of hydrazone groups is 1. The maximum atomic E-state index is 6.55. The van der Waals surface area contributed by atoms with Gasteiger partial charge in [-0.25, -0.2) is 5.01 Å². The van der Waals surface area contributed by atoms with E-state index in [1.807, 2.05) is 41.4 Å². The van der Waals surface area contributed by atoms with Gasteiger partial charge in [0, 0.05) is 27.6 Å². The molecule has 0 saturated heterocycles. The lowest BCUT2D eigenvalue weighted by Gasteiger charge is -2.38. The van der Waals surface area contributed by atoms with E-state index < -0.39 is 6.23 Å². The van der Waals surface area contributed by atoms with Crippen LogP contribution in [0.1, 0.15) is 35.4 Å². The quantitative estimate of drug-likeness (QED) is 0.290. The van der Waals surface area contributed by atoms with E-state index >= 15 is 0 Å². The minimum Gasteiger partial charge on any atom is -0.463 e. The van der Waals surface area contributed by atoms with E-state index in [1.165, 1.54) is 10.8 Å². The number of nitrogens with zero attached hydrogens (tertiary/aromatic N) is 2. The maximum absolute atomic E-state index is 6.55. The van der Waals surface area contributed by atoms with Crippen molar-refractivity contribution < 1.29 is 4.74 Å². The fourth-order valence-electron chi connectivity index (χ4n) is 4.51. The highest BCUT2D eigenvalue weighted by Crippen LogP contribution is 2.50. The monoisotopic (exact) mass is 478 g/mol. The zero-order valence-electron chi connectivity index (χ0n) is 16.8. The minimum absolute atomic E-state index is 0.0305. The van der Waals surface area contributed by atoms with Crippen LogP contribution in [0.4, 0.5) is 0 Å². The number of fused-ring (bicyclic) bond motifs is 4. The molecule has 0 radical (unpaired) electrons. The Balaban J connectivity index is 1.47. The van der Waals surface area contributed by atoms with Crippen LogP contribution in [0.15, 0.2) is 84.0 Å². The largest absolute Gasteiger partial charge is 0.463 e. The van der Waals surface area contributed by atoms with Crippen molar-refractivity contribution in [3.8, 4) is 5.75 Å². The first-order chi connectivity index (χ1) is 15.6. The number of hydrogen-bond acceptors (Lipinski definition) is 3. The molecule has 158 valence electrons. The molecule has 0 saturated carbocycles. The van der Waals surface area contributed by atoms with Crippen molar-refractivity contribution in [2.45, 2.75) is 18.7 Å². The summed E-state index contributed by atoms with van der Waals surface area (Å²) < 4.78 is 6.40. The van der Waals surface area contributed by atoms with E-state index in [4.69, 9.17) is 44.6 Å². The van der Waals surface area contributed by atoms with Crippen LogP contribution in [-0.2, 0) is 0 Å². The molecule has 32 heavy (non-hydrogen) atoms. The van der Waals surface area contributed by atoms with Crippen molar-refractivity contribution in [3.05, 3.63) is 111 Å². The Morgan fingerprint density at radius 2 is 1.59 bits per heavy atom. The second-order valence-electron chi connectivity index (χ2n) is 8.04. The van der Waals surface area contributed by atoms with Crippen molar-refractivity contribution in [1.82, 2.24) is 5.01 Å². The first kappa shape index (κ1) is 19.9. The zero-order valence-corrected chi connectivity index (χ0v) is 19.1. The summed E-state index contributed by atoms with van der Waals surface area (Å²) in [5.74, 6) is 0.659. The molecule has 0 fully saturated rings. The molecule has 2 heterocycles. The Labute approximate surface area is 200 Å². The van der Waals surface area contributed by atoms with Gasteiger partial charge in [-0.1, -0.05) is 83.3 Å². The van der Waals surface area contributed by atoms with Crippen molar-refractivity contribution >= 4 is 51.3 Å². The van der Waals surface area contributed by atoms with Gasteiger partial charge in [0.15, 0.2) is 0 Å². The van der Waals surface area contributed by atoms with Crippen molar-refractivity contribution in [1.29, 1.82) is 0 Å². The van der Waals surface area contributed by atoms with Crippen LogP contribution < -0.4 is 4.74 Å². The summed E-state index contributed by atoms with van der Waals surface area (Å²) in [7, 11) is 0. The molecule has 6 rings (SSSR count). The van der Waals surface area contributed by atoms with Gasteiger partial charge in [-0.3, -0.25) is 0 Å². The van der Waals surface area contributed by atoms with E-state index in [-0.39, 0.29) is 6.04 Å². The van der Waals surface area contributed by atoms with Gasteiger partial charge in [0.05, 0.1) is 16.8 Å². The van der Waals surface area contributed by atoms with E-state index in [0.717, 1.165) is 28.8 Å². The summed E-state index contributed by atoms with van der Waals surface area (Å²) in [4.78, 5) is 0. The first-order valence-electron chi connectivity index (χ1n) is 10.3. The Morgan fingerprint density at radius 3 is 2.41 bits per heavy atom. The topological polar surface area (TPSA) is 24.8 Å². The van der Waals surface area contributed by atoms with Gasteiger partial charge in [-0.15, -0.1) is 0 Å². The molecular formula is C26H17Cl3N2O. The van der Waals surface area contributed by atoms with Gasteiger partial charge in [-0.05, 0) is 46.7 Å². The van der Waals surface area contributed by atoms with Crippen molar-refractivity contribution in [2.75, 3.05) is 0 Å². The molecule has 6 heteroatoms. The highest BCUT2D eigenvalue weighted by molar-refractivity contribution is 6.35. The molecule has 2 atom stereocenters. The average molecular weight is 480 g/mol. The Morgan fingerprint density at radius 1 is 0.812 bits per heavy atom. The van der Waals surface area contributed by atoms with E-state index in [2.05, 4.69) is 36.4 Å². The molecule has 0 N–H and O–H groups in total. The van der Waals surface area contributed by atoms with Gasteiger partial charge in [0.1, 0.15) is 5.75 Å². The van der Waals surface area contributed by atoms with Crippen LogP contribution in [0.5, 0.6) is 5.75 Å². The molecule has 0 amide bonds. The Bertz CT molecular complexity index is 1380. The SMILES string of the molecule is Clc1ccc([C@H]2Oc3c(Cl)cc(Cl)cc3[C@@H]3CC(c4ccc5ccccc5c4)=NN23)cc1. The molecule has 2 aliphatic rings. The summed E-state index contributed by atoms with van der Waals surface area (Å²) in [6.45, 7) is 0. The predicted molar refractivity (Wildman–Crippen MR) is 131 cm³/mol. The number of ether oxygens (including phenoxy) is 1. The summed E-state index contributed by atoms with van der Waals surface area (Å²) in [5, 5.41) is 11.2. The highest BCUT2D eigenvalue weighted by Gasteiger charge is 2.42. The zero-order chi connectivity index (χ0) is 21.8. The fraction of sp³-hybridized carbons (Fsp3) is 0.115. The third kappa shape index (κ3) is 3.32. The van der Waals surface area contributed by atoms with Gasteiger partial charge < -0.3 is 4.74 Å². The lowest BCUT2D eigenvalue weighted by atomic mass is 9.95. The first-order valence-corrected chi connectivity index (χ1v) is 11.5. The summed E-state index contributed by atoms with van der Waals surface area (Å²) >= 11 is 19.0. The minimum atomic E-state index is -0.415. The Hall–Kier alpha value is -2.72. The van der Waals surface area contributed by atoms with Crippen LogP contribution in [0.3, 0.4) is 0 Å². The van der Waals surface area contributed by atoms with E-state index in [1.54, 1.807) is 6.07 Å². The molecule has 4 aromatic carbocycles. The second kappa shape index (κ2) is 7.70. The summed E-state index contributed by atoms with van der Waals surface area (Å²) in [6.07, 6.45) is 0.316. The van der Waals surface area contributed by atoms with Crippen molar-refractivity contribution in [3.63, 3.8) is 0 Å². The van der Waals surface area contributed by atoms with Crippen LogP contribution in [0, 0.1) is 0 Å². The van der Waals surface area contributed by atoms with Gasteiger partial charge in [0.2, 0.25) is 6.23 Å². The molecule has 3 nitrogen and oxygen atoms in total. The standard InChI is InChI=1S/C26H17Cl3N2O/c27-19-9-7-16(8-10-19)26-31-24(21-12-20(28)13-22(29)25(21)32-26)14-23(30-31)18-6-5-15-3-1-2-4-17(15)11-18/h1-13,24,26H,14H2/t24-,26+/m0/s1. The molecule has 4 aromatic rings.